The van der Waals surface area contributed by atoms with Crippen molar-refractivity contribution in [1.29, 1.82) is 0 Å². The molecule has 1 unspecified atom stereocenters. The Hall–Kier alpha value is -1.74. The summed E-state index contributed by atoms with van der Waals surface area (Å²) in [6, 6.07) is 0. The number of rotatable bonds is 5. The fourth-order valence-electron chi connectivity index (χ4n) is 4.51. The predicted molar refractivity (Wildman–Crippen MR) is 98.3 cm³/mol. The van der Waals surface area contributed by atoms with Gasteiger partial charge < -0.3 is 9.64 Å². The molecule has 4 atom stereocenters. The first-order chi connectivity index (χ1) is 12.8. The molecule has 8 nitrogen and oxygen atoms in total. The Morgan fingerprint density at radius 2 is 2.19 bits per heavy atom. The van der Waals surface area contributed by atoms with Crippen molar-refractivity contribution in [3.63, 3.8) is 0 Å². The molecular formula is C18H26N4O4S. The third kappa shape index (κ3) is 2.91. The second kappa shape index (κ2) is 6.41. The van der Waals surface area contributed by atoms with E-state index in [2.05, 4.69) is 9.46 Å². The van der Waals surface area contributed by atoms with Crippen molar-refractivity contribution >= 4 is 21.5 Å². The topological polar surface area (TPSA) is 93.9 Å². The Morgan fingerprint density at radius 3 is 2.85 bits per heavy atom. The van der Waals surface area contributed by atoms with Gasteiger partial charge in [0.1, 0.15) is 0 Å². The molecule has 1 aliphatic heterocycles. The van der Waals surface area contributed by atoms with E-state index < -0.39 is 9.73 Å². The van der Waals surface area contributed by atoms with Crippen LogP contribution in [0.1, 0.15) is 38.3 Å². The number of amides is 2. The molecule has 2 aliphatic carbocycles. The SMILES string of the molecule is CCCC(=O)N=S(C)(=O)c1cnn2c1CN(C(=O)[C@@]13C[C@@H](OC)[C@@H]1C3)CC2. The minimum atomic E-state index is -2.87. The first-order valence-corrected chi connectivity index (χ1v) is 11.4. The summed E-state index contributed by atoms with van der Waals surface area (Å²) in [6.07, 6.45) is 5.86. The number of hydrogen-bond donors (Lipinski definition) is 0. The largest absolute Gasteiger partial charge is 0.381 e. The second-order valence-electron chi connectivity index (χ2n) is 7.89. The average Bonchev–Trinajstić information content (AvgIpc) is 3.01. The van der Waals surface area contributed by atoms with Gasteiger partial charge in [-0.05, 0) is 19.3 Å². The molecular weight excluding hydrogens is 368 g/mol. The van der Waals surface area contributed by atoms with Crippen LogP contribution in [0.15, 0.2) is 15.5 Å². The van der Waals surface area contributed by atoms with Crippen molar-refractivity contribution < 1.29 is 18.5 Å². The Labute approximate surface area is 159 Å². The number of aromatic nitrogens is 2. The van der Waals surface area contributed by atoms with Gasteiger partial charge in [0.2, 0.25) is 5.91 Å². The van der Waals surface area contributed by atoms with Gasteiger partial charge in [0, 0.05) is 32.2 Å². The summed E-state index contributed by atoms with van der Waals surface area (Å²) in [5.74, 6) is 0.160. The quantitative estimate of drug-likeness (QED) is 0.753. The molecule has 2 amide bonds. The van der Waals surface area contributed by atoms with Crippen molar-refractivity contribution in [3.05, 3.63) is 11.9 Å². The van der Waals surface area contributed by atoms with E-state index in [-0.39, 0.29) is 29.8 Å². The standard InChI is InChI=1S/C18H26N4O4S/c1-4-5-16(23)20-27(3,25)15-10-19-22-7-6-21(11-13(15)22)17(24)18-8-12(18)14(9-18)26-2/h10,12,14H,4-9,11H2,1-3H3/t12-,14+,18-,27?/m0/s1. The molecule has 0 saturated heterocycles. The third-order valence-electron chi connectivity index (χ3n) is 6.14. The maximum Gasteiger partial charge on any atom is 0.254 e. The molecule has 9 heteroatoms. The molecule has 2 heterocycles. The first kappa shape index (κ1) is 18.6. The number of carbonyl (C=O) groups excluding carboxylic acids is 2. The molecule has 0 N–H and O–H groups in total. The molecule has 3 aliphatic rings. The van der Waals surface area contributed by atoms with Gasteiger partial charge >= 0.3 is 0 Å². The summed E-state index contributed by atoms with van der Waals surface area (Å²) in [5.41, 5.74) is 0.490. The first-order valence-electron chi connectivity index (χ1n) is 9.44. The summed E-state index contributed by atoms with van der Waals surface area (Å²) < 4.78 is 24.2. The van der Waals surface area contributed by atoms with Crippen LogP contribution < -0.4 is 0 Å². The van der Waals surface area contributed by atoms with Gasteiger partial charge in [-0.25, -0.2) is 4.21 Å². The van der Waals surface area contributed by atoms with Gasteiger partial charge in [0.25, 0.3) is 5.91 Å². The van der Waals surface area contributed by atoms with Gasteiger partial charge in [0.15, 0.2) is 0 Å². The number of hydrogen-bond acceptors (Lipinski definition) is 5. The van der Waals surface area contributed by atoms with E-state index in [0.29, 0.717) is 36.9 Å². The van der Waals surface area contributed by atoms with E-state index >= 15 is 0 Å². The summed E-state index contributed by atoms with van der Waals surface area (Å²) in [6.45, 7) is 3.40. The molecule has 0 spiro atoms. The Kier molecular flexibility index (Phi) is 4.42. The molecule has 2 fully saturated rings. The highest BCUT2D eigenvalue weighted by Gasteiger charge is 2.72. The fourth-order valence-corrected chi connectivity index (χ4v) is 5.93. The maximum atomic E-state index is 13.1. The molecule has 1 aromatic rings. The van der Waals surface area contributed by atoms with Gasteiger partial charge in [-0.3, -0.25) is 14.3 Å². The van der Waals surface area contributed by atoms with E-state index in [1.54, 1.807) is 11.8 Å². The molecule has 0 aromatic carbocycles. The molecule has 1 aromatic heterocycles. The normalized spacial score (nSPS) is 30.6. The lowest BCUT2D eigenvalue weighted by atomic mass is 9.80. The van der Waals surface area contributed by atoms with Crippen LogP contribution in [0.4, 0.5) is 0 Å². The van der Waals surface area contributed by atoms with Crippen molar-refractivity contribution in [3.8, 4) is 0 Å². The van der Waals surface area contributed by atoms with Crippen LogP contribution >= 0.6 is 0 Å². The Bertz CT molecular complexity index is 916. The van der Waals surface area contributed by atoms with E-state index in [1.807, 2.05) is 11.8 Å². The van der Waals surface area contributed by atoms with Crippen LogP contribution in [-0.4, -0.2) is 56.7 Å². The molecule has 4 rings (SSSR count). The van der Waals surface area contributed by atoms with Crippen molar-refractivity contribution in [1.82, 2.24) is 14.7 Å². The average molecular weight is 394 g/mol. The van der Waals surface area contributed by atoms with E-state index in [1.165, 1.54) is 12.5 Å². The molecule has 2 saturated carbocycles. The highest BCUT2D eigenvalue weighted by atomic mass is 32.2. The highest BCUT2D eigenvalue weighted by molar-refractivity contribution is 7.93. The number of ether oxygens (including phenoxy) is 1. The van der Waals surface area contributed by atoms with Crippen LogP contribution in [0.5, 0.6) is 0 Å². The van der Waals surface area contributed by atoms with Crippen molar-refractivity contribution in [2.24, 2.45) is 15.7 Å². The lowest BCUT2D eigenvalue weighted by Crippen LogP contribution is -2.48. The molecule has 148 valence electrons. The zero-order chi connectivity index (χ0) is 19.4. The summed E-state index contributed by atoms with van der Waals surface area (Å²) in [5, 5.41) is 4.31. The summed E-state index contributed by atoms with van der Waals surface area (Å²) in [4.78, 5) is 27.3. The fraction of sp³-hybridized carbons (Fsp3) is 0.722. The number of fused-ring (bicyclic) bond motifs is 2. The monoisotopic (exact) mass is 394 g/mol. The Balaban J connectivity index is 1.55. The minimum absolute atomic E-state index is 0.167. The number of carbonyl (C=O) groups is 2. The Morgan fingerprint density at radius 1 is 1.41 bits per heavy atom. The van der Waals surface area contributed by atoms with Gasteiger partial charge in [-0.15, -0.1) is 0 Å². The zero-order valence-electron chi connectivity index (χ0n) is 16.0. The molecule has 0 radical (unpaired) electrons. The second-order valence-corrected chi connectivity index (χ2v) is 10.1. The summed E-state index contributed by atoms with van der Waals surface area (Å²) in [7, 11) is -1.18. The number of nitrogens with zero attached hydrogens (tertiary/aromatic N) is 4. The highest BCUT2D eigenvalue weighted by Crippen LogP contribution is 2.69. The smallest absolute Gasteiger partial charge is 0.254 e. The predicted octanol–water partition coefficient (Wildman–Crippen LogP) is 1.43. The lowest BCUT2D eigenvalue weighted by molar-refractivity contribution is -0.147. The third-order valence-corrected chi connectivity index (χ3v) is 7.85. The van der Waals surface area contributed by atoms with Crippen molar-refractivity contribution in [2.75, 3.05) is 19.9 Å². The minimum Gasteiger partial charge on any atom is -0.381 e. The molecule has 27 heavy (non-hydrogen) atoms. The van der Waals surface area contributed by atoms with E-state index in [4.69, 9.17) is 4.74 Å². The van der Waals surface area contributed by atoms with Gasteiger partial charge in [-0.2, -0.15) is 9.46 Å². The number of methoxy groups -OCH3 is 1. The maximum absolute atomic E-state index is 13.1. The van der Waals surface area contributed by atoms with E-state index in [0.717, 1.165) is 18.5 Å². The molecule has 0 bridgehead atoms. The van der Waals surface area contributed by atoms with Crippen LogP contribution in [-0.2, 0) is 37.1 Å². The van der Waals surface area contributed by atoms with Crippen LogP contribution in [0.25, 0.3) is 0 Å². The van der Waals surface area contributed by atoms with E-state index in [9.17, 15) is 13.8 Å². The lowest BCUT2D eigenvalue weighted by Gasteiger charge is -2.38. The van der Waals surface area contributed by atoms with Gasteiger partial charge in [-0.1, -0.05) is 6.92 Å². The van der Waals surface area contributed by atoms with Crippen molar-refractivity contribution in [2.45, 2.75) is 56.7 Å². The summed E-state index contributed by atoms with van der Waals surface area (Å²) >= 11 is 0. The van der Waals surface area contributed by atoms with Crippen LogP contribution in [0.3, 0.4) is 0 Å². The van der Waals surface area contributed by atoms with Crippen LogP contribution in [0.2, 0.25) is 0 Å². The van der Waals surface area contributed by atoms with Crippen LogP contribution in [0, 0.1) is 11.3 Å². The van der Waals surface area contributed by atoms with Gasteiger partial charge in [0.05, 0.1) is 51.1 Å². The zero-order valence-corrected chi connectivity index (χ0v) is 16.8.